The van der Waals surface area contributed by atoms with E-state index in [1.807, 2.05) is 0 Å². The van der Waals surface area contributed by atoms with Gasteiger partial charge in [-0.05, 0) is 48.9 Å². The van der Waals surface area contributed by atoms with Crippen LogP contribution in [0, 0.1) is 0 Å². The fourth-order valence-corrected chi connectivity index (χ4v) is 2.81. The number of urea groups is 1. The Hall–Kier alpha value is -3.69. The largest absolute Gasteiger partial charge is 0.497 e. The first-order valence-electron chi connectivity index (χ1n) is 8.41. The Morgan fingerprint density at radius 1 is 1.07 bits per heavy atom. The molecule has 2 aromatic rings. The molecule has 152 valence electrons. The molecule has 10 heteroatoms. The highest BCUT2D eigenvalue weighted by atomic mass is 19.3. The van der Waals surface area contributed by atoms with E-state index in [0.29, 0.717) is 16.3 Å². The first kappa shape index (κ1) is 20.1. The zero-order chi connectivity index (χ0) is 21.2. The van der Waals surface area contributed by atoms with E-state index >= 15 is 0 Å². The van der Waals surface area contributed by atoms with E-state index in [1.54, 1.807) is 24.3 Å². The van der Waals surface area contributed by atoms with Gasteiger partial charge in [-0.25, -0.2) is 4.79 Å². The zero-order valence-electron chi connectivity index (χ0n) is 15.4. The summed E-state index contributed by atoms with van der Waals surface area (Å²) in [4.78, 5) is 37.5. The van der Waals surface area contributed by atoms with Gasteiger partial charge in [0.05, 0.1) is 7.11 Å². The molecule has 8 nitrogen and oxygen atoms in total. The number of ether oxygens (including phenoxy) is 2. The molecule has 2 N–H and O–H groups in total. The minimum Gasteiger partial charge on any atom is -0.497 e. The summed E-state index contributed by atoms with van der Waals surface area (Å²) in [5.41, 5.74) is 1.39. The maximum absolute atomic E-state index is 12.8. The number of imide groups is 1. The van der Waals surface area contributed by atoms with Crippen LogP contribution in [0.2, 0.25) is 0 Å². The predicted octanol–water partition coefficient (Wildman–Crippen LogP) is 2.41. The summed E-state index contributed by atoms with van der Waals surface area (Å²) < 4.78 is 33.7. The Bertz CT molecular complexity index is 934. The Morgan fingerprint density at radius 3 is 2.21 bits per heavy atom. The van der Waals surface area contributed by atoms with Crippen molar-refractivity contribution < 1.29 is 32.6 Å². The van der Waals surface area contributed by atoms with Crippen molar-refractivity contribution in [3.05, 3.63) is 59.7 Å². The summed E-state index contributed by atoms with van der Waals surface area (Å²) >= 11 is 0. The molecule has 0 spiro atoms. The molecule has 3 rings (SSSR count). The second-order valence-corrected chi connectivity index (χ2v) is 6.27. The molecular formula is C19H17F2N3O5. The lowest BCUT2D eigenvalue weighted by molar-refractivity contribution is -0.132. The van der Waals surface area contributed by atoms with Crippen LogP contribution in [0.4, 0.5) is 13.6 Å². The topological polar surface area (TPSA) is 97.0 Å². The van der Waals surface area contributed by atoms with Gasteiger partial charge in [-0.1, -0.05) is 12.1 Å². The maximum Gasteiger partial charge on any atom is 0.387 e. The van der Waals surface area contributed by atoms with Crippen LogP contribution in [0.15, 0.2) is 48.5 Å². The van der Waals surface area contributed by atoms with Gasteiger partial charge in [0.25, 0.3) is 11.8 Å². The standard InChI is InChI=1S/C19H17F2N3O5/c1-19(12-5-9-13(28-2)10-6-12)16(26)24(18(27)22-19)23-15(25)11-3-7-14(8-4-11)29-17(20)21/h3-10,17H,1-2H3,(H,22,27)(H,23,25)/t19-/m0/s1. The van der Waals surface area contributed by atoms with E-state index in [4.69, 9.17) is 4.74 Å². The Morgan fingerprint density at radius 2 is 1.66 bits per heavy atom. The number of amides is 4. The number of hydrogen-bond donors (Lipinski definition) is 2. The molecule has 0 aromatic heterocycles. The number of alkyl halides is 2. The maximum atomic E-state index is 12.8. The number of benzene rings is 2. The lowest BCUT2D eigenvalue weighted by Crippen LogP contribution is -2.47. The van der Waals surface area contributed by atoms with E-state index in [2.05, 4.69) is 15.5 Å². The monoisotopic (exact) mass is 405 g/mol. The van der Waals surface area contributed by atoms with Gasteiger partial charge in [-0.15, -0.1) is 0 Å². The number of carbonyl (C=O) groups excluding carboxylic acids is 3. The smallest absolute Gasteiger partial charge is 0.387 e. The fraction of sp³-hybridized carbons (Fsp3) is 0.211. The molecule has 0 aliphatic carbocycles. The van der Waals surface area contributed by atoms with Crippen LogP contribution < -0.4 is 20.2 Å². The van der Waals surface area contributed by atoms with E-state index < -0.39 is 30.0 Å². The summed E-state index contributed by atoms with van der Waals surface area (Å²) in [5, 5.41) is 3.13. The number of hydrogen-bond acceptors (Lipinski definition) is 5. The molecule has 0 bridgehead atoms. The molecule has 4 amide bonds. The molecule has 0 unspecified atom stereocenters. The third kappa shape index (κ3) is 3.96. The highest BCUT2D eigenvalue weighted by molar-refractivity contribution is 6.09. The van der Waals surface area contributed by atoms with Crippen molar-refractivity contribution in [2.45, 2.75) is 19.1 Å². The van der Waals surface area contributed by atoms with Gasteiger partial charge in [0, 0.05) is 5.56 Å². The average molecular weight is 405 g/mol. The van der Waals surface area contributed by atoms with Crippen molar-refractivity contribution in [2.75, 3.05) is 7.11 Å². The van der Waals surface area contributed by atoms with E-state index in [0.717, 1.165) is 0 Å². The van der Waals surface area contributed by atoms with E-state index in [9.17, 15) is 23.2 Å². The van der Waals surface area contributed by atoms with Crippen LogP contribution in [0.3, 0.4) is 0 Å². The molecule has 1 heterocycles. The van der Waals surface area contributed by atoms with Crippen molar-refractivity contribution >= 4 is 17.8 Å². The molecule has 1 aliphatic rings. The van der Waals surface area contributed by atoms with E-state index in [-0.39, 0.29) is 11.3 Å². The summed E-state index contributed by atoms with van der Waals surface area (Å²) in [7, 11) is 1.50. The second kappa shape index (κ2) is 7.74. The van der Waals surface area contributed by atoms with Crippen LogP contribution in [-0.4, -0.2) is 36.6 Å². The summed E-state index contributed by atoms with van der Waals surface area (Å²) in [6.07, 6.45) is 0. The minimum absolute atomic E-state index is 0.0465. The number of rotatable bonds is 6. The SMILES string of the molecule is COc1ccc([C@]2(C)NC(=O)N(NC(=O)c3ccc(OC(F)F)cc3)C2=O)cc1. The van der Waals surface area contributed by atoms with Crippen molar-refractivity contribution in [3.63, 3.8) is 0 Å². The van der Waals surface area contributed by atoms with Gasteiger partial charge in [-0.3, -0.25) is 15.0 Å². The van der Waals surface area contributed by atoms with E-state index in [1.165, 1.54) is 38.3 Å². The molecule has 0 radical (unpaired) electrons. The number of nitrogens with one attached hydrogen (secondary N) is 2. The first-order chi connectivity index (χ1) is 13.7. The third-order valence-corrected chi connectivity index (χ3v) is 4.41. The Labute approximate surface area is 164 Å². The molecule has 29 heavy (non-hydrogen) atoms. The highest BCUT2D eigenvalue weighted by Crippen LogP contribution is 2.29. The lowest BCUT2D eigenvalue weighted by Gasteiger charge is -2.22. The normalized spacial score (nSPS) is 18.6. The summed E-state index contributed by atoms with van der Waals surface area (Å²) in [6.45, 7) is -1.48. The molecule has 1 atom stereocenters. The van der Waals surface area contributed by atoms with Gasteiger partial charge in [0.1, 0.15) is 17.0 Å². The minimum atomic E-state index is -2.99. The number of carbonyl (C=O) groups is 3. The van der Waals surface area contributed by atoms with Crippen molar-refractivity contribution in [2.24, 2.45) is 0 Å². The van der Waals surface area contributed by atoms with Crippen molar-refractivity contribution in [1.82, 2.24) is 15.8 Å². The number of hydrazine groups is 1. The average Bonchev–Trinajstić information content (AvgIpc) is 2.92. The number of methoxy groups -OCH3 is 1. The first-order valence-corrected chi connectivity index (χ1v) is 8.41. The zero-order valence-corrected chi connectivity index (χ0v) is 15.4. The summed E-state index contributed by atoms with van der Waals surface area (Å²) in [5.74, 6) is -0.994. The van der Waals surface area contributed by atoms with Crippen LogP contribution in [0.25, 0.3) is 0 Å². The highest BCUT2D eigenvalue weighted by Gasteiger charge is 2.50. The number of halogens is 2. The van der Waals surface area contributed by atoms with Crippen LogP contribution in [-0.2, 0) is 10.3 Å². The summed E-state index contributed by atoms with van der Waals surface area (Å²) in [6, 6.07) is 10.5. The second-order valence-electron chi connectivity index (χ2n) is 6.27. The van der Waals surface area contributed by atoms with Crippen LogP contribution in [0.1, 0.15) is 22.8 Å². The molecule has 2 aromatic carbocycles. The van der Waals surface area contributed by atoms with Gasteiger partial charge in [-0.2, -0.15) is 13.8 Å². The van der Waals surface area contributed by atoms with Gasteiger partial charge in [0.2, 0.25) is 0 Å². The van der Waals surface area contributed by atoms with Crippen molar-refractivity contribution in [1.29, 1.82) is 0 Å². The molecule has 1 saturated heterocycles. The number of nitrogens with zero attached hydrogens (tertiary/aromatic N) is 1. The molecular weight excluding hydrogens is 388 g/mol. The molecule has 1 aliphatic heterocycles. The quantitative estimate of drug-likeness (QED) is 0.720. The van der Waals surface area contributed by atoms with Gasteiger partial charge >= 0.3 is 12.6 Å². The lowest BCUT2D eigenvalue weighted by atomic mass is 9.92. The Balaban J connectivity index is 1.74. The Kier molecular flexibility index (Phi) is 5.35. The van der Waals surface area contributed by atoms with Crippen molar-refractivity contribution in [3.8, 4) is 11.5 Å². The van der Waals surface area contributed by atoms with Gasteiger partial charge in [0.15, 0.2) is 0 Å². The fourth-order valence-electron chi connectivity index (χ4n) is 2.81. The molecule has 1 fully saturated rings. The molecule has 0 saturated carbocycles. The van der Waals surface area contributed by atoms with Crippen LogP contribution >= 0.6 is 0 Å². The predicted molar refractivity (Wildman–Crippen MR) is 96.3 cm³/mol. The van der Waals surface area contributed by atoms with Gasteiger partial charge < -0.3 is 14.8 Å². The van der Waals surface area contributed by atoms with Crippen LogP contribution in [0.5, 0.6) is 11.5 Å². The third-order valence-electron chi connectivity index (χ3n) is 4.41.